The van der Waals surface area contributed by atoms with E-state index in [0.717, 1.165) is 24.7 Å². The summed E-state index contributed by atoms with van der Waals surface area (Å²) in [7, 11) is 1.95. The highest BCUT2D eigenvalue weighted by Crippen LogP contribution is 2.29. The Morgan fingerprint density at radius 3 is 3.00 bits per heavy atom. The summed E-state index contributed by atoms with van der Waals surface area (Å²) in [5.41, 5.74) is 0.0213. The second-order valence-corrected chi connectivity index (χ2v) is 7.09. The van der Waals surface area contributed by atoms with Gasteiger partial charge in [-0.05, 0) is 18.9 Å². The Kier molecular flexibility index (Phi) is 6.55. The molecule has 0 aromatic rings. The molecule has 126 valence electrons. The van der Waals surface area contributed by atoms with Crippen LogP contribution in [0, 0.1) is 5.92 Å². The monoisotopic (exact) mass is 329 g/mol. The topological polar surface area (TPSA) is 57.5 Å². The highest BCUT2D eigenvalue weighted by Gasteiger charge is 2.33. The first-order valence-corrected chi connectivity index (χ1v) is 8.83. The molecule has 0 radical (unpaired) electrons. The van der Waals surface area contributed by atoms with E-state index in [1.165, 1.54) is 0 Å². The molecular weight excluding hydrogens is 302 g/mol. The van der Waals surface area contributed by atoms with Crippen LogP contribution in [0.2, 0.25) is 0 Å². The summed E-state index contributed by atoms with van der Waals surface area (Å²) in [6.45, 7) is 8.48. The van der Waals surface area contributed by atoms with Gasteiger partial charge in [-0.3, -0.25) is 0 Å². The number of thioether (sulfide) groups is 1. The summed E-state index contributed by atoms with van der Waals surface area (Å²) < 4.78 is 11.6. The van der Waals surface area contributed by atoms with Gasteiger partial charge in [-0.25, -0.2) is 4.99 Å². The van der Waals surface area contributed by atoms with E-state index in [2.05, 4.69) is 18.8 Å². The molecule has 0 aromatic carbocycles. The van der Waals surface area contributed by atoms with E-state index in [1.54, 1.807) is 16.7 Å². The van der Waals surface area contributed by atoms with Crippen molar-refractivity contribution in [3.63, 3.8) is 0 Å². The SMILES string of the molecule is CCN(C)C1=NC(O)N([C@@H]2CSC(COCC(C)C)O2)C=C1. The first-order chi connectivity index (χ1) is 10.5. The fourth-order valence-electron chi connectivity index (χ4n) is 2.18. The quantitative estimate of drug-likeness (QED) is 0.797. The summed E-state index contributed by atoms with van der Waals surface area (Å²) in [4.78, 5) is 8.05. The van der Waals surface area contributed by atoms with Crippen LogP contribution in [0.5, 0.6) is 0 Å². The number of hydrogen-bond donors (Lipinski definition) is 1. The number of likely N-dealkylation sites (N-methyl/N-ethyl adjacent to an activating group) is 1. The predicted molar refractivity (Wildman–Crippen MR) is 89.5 cm³/mol. The number of aliphatic hydroxyl groups is 1. The van der Waals surface area contributed by atoms with Crippen LogP contribution >= 0.6 is 11.8 Å². The highest BCUT2D eigenvalue weighted by atomic mass is 32.2. The van der Waals surface area contributed by atoms with Crippen LogP contribution in [0.15, 0.2) is 17.3 Å². The van der Waals surface area contributed by atoms with E-state index < -0.39 is 6.35 Å². The minimum absolute atomic E-state index is 0.0213. The summed E-state index contributed by atoms with van der Waals surface area (Å²) in [5, 5.41) is 10.2. The summed E-state index contributed by atoms with van der Waals surface area (Å²) >= 11 is 1.72. The van der Waals surface area contributed by atoms with Crippen LogP contribution in [-0.2, 0) is 9.47 Å². The average Bonchev–Trinajstić information content (AvgIpc) is 2.94. The highest BCUT2D eigenvalue weighted by molar-refractivity contribution is 8.00. The van der Waals surface area contributed by atoms with Gasteiger partial charge in [0, 0.05) is 32.2 Å². The smallest absolute Gasteiger partial charge is 0.229 e. The van der Waals surface area contributed by atoms with Crippen molar-refractivity contribution in [1.29, 1.82) is 0 Å². The second kappa shape index (κ2) is 8.19. The zero-order chi connectivity index (χ0) is 16.1. The van der Waals surface area contributed by atoms with Gasteiger partial charge in [-0.2, -0.15) is 0 Å². The molecule has 22 heavy (non-hydrogen) atoms. The summed E-state index contributed by atoms with van der Waals surface area (Å²) in [5.74, 6) is 2.11. The van der Waals surface area contributed by atoms with Gasteiger partial charge >= 0.3 is 0 Å². The zero-order valence-corrected chi connectivity index (χ0v) is 14.6. The minimum atomic E-state index is -0.894. The molecule has 0 spiro atoms. The number of aliphatic hydroxyl groups excluding tert-OH is 1. The van der Waals surface area contributed by atoms with E-state index in [-0.39, 0.29) is 11.7 Å². The lowest BCUT2D eigenvalue weighted by Gasteiger charge is -2.33. The van der Waals surface area contributed by atoms with Crippen LogP contribution < -0.4 is 0 Å². The van der Waals surface area contributed by atoms with Crippen molar-refractivity contribution in [1.82, 2.24) is 9.80 Å². The van der Waals surface area contributed by atoms with E-state index in [9.17, 15) is 5.11 Å². The zero-order valence-electron chi connectivity index (χ0n) is 13.8. The van der Waals surface area contributed by atoms with Gasteiger partial charge in [-0.1, -0.05) is 13.8 Å². The van der Waals surface area contributed by atoms with Gasteiger partial charge in [0.15, 0.2) is 0 Å². The maximum Gasteiger partial charge on any atom is 0.229 e. The molecule has 0 bridgehead atoms. The molecule has 2 unspecified atom stereocenters. The van der Waals surface area contributed by atoms with Crippen molar-refractivity contribution in [3.05, 3.63) is 12.3 Å². The molecule has 2 aliphatic heterocycles. The van der Waals surface area contributed by atoms with E-state index in [4.69, 9.17) is 9.47 Å². The fourth-order valence-corrected chi connectivity index (χ4v) is 3.21. The average molecular weight is 329 g/mol. The number of rotatable bonds is 6. The maximum absolute atomic E-state index is 10.2. The van der Waals surface area contributed by atoms with Crippen molar-refractivity contribution in [2.45, 2.75) is 38.8 Å². The third-order valence-electron chi connectivity index (χ3n) is 3.55. The molecule has 0 aliphatic carbocycles. The molecule has 0 amide bonds. The molecule has 1 fully saturated rings. The molecule has 2 aliphatic rings. The lowest BCUT2D eigenvalue weighted by Crippen LogP contribution is -2.44. The van der Waals surface area contributed by atoms with Crippen molar-refractivity contribution in [3.8, 4) is 0 Å². The van der Waals surface area contributed by atoms with E-state index >= 15 is 0 Å². The Balaban J connectivity index is 1.82. The Hall–Kier alpha value is -0.760. The minimum Gasteiger partial charge on any atom is -0.378 e. The molecule has 6 nitrogen and oxygen atoms in total. The molecule has 2 rings (SSSR count). The summed E-state index contributed by atoms with van der Waals surface area (Å²) in [6, 6.07) is 0. The van der Waals surface area contributed by atoms with Crippen LogP contribution in [0.4, 0.5) is 0 Å². The molecule has 3 atom stereocenters. The Labute approximate surface area is 137 Å². The van der Waals surface area contributed by atoms with Gasteiger partial charge < -0.3 is 24.4 Å². The van der Waals surface area contributed by atoms with Crippen LogP contribution in [0.1, 0.15) is 20.8 Å². The lowest BCUT2D eigenvalue weighted by atomic mass is 10.2. The number of amidine groups is 1. The number of aliphatic imine (C=N–C) groups is 1. The molecule has 1 N–H and O–H groups in total. The first kappa shape index (κ1) is 17.6. The molecule has 7 heteroatoms. The molecule has 0 saturated carbocycles. The third-order valence-corrected chi connectivity index (χ3v) is 4.64. The molecule has 2 heterocycles. The van der Waals surface area contributed by atoms with Gasteiger partial charge in [0.1, 0.15) is 17.5 Å². The standard InChI is InChI=1S/C15H27N3O3S/c1-5-17(4)12-6-7-18(15(19)16-12)13-10-22-14(21-13)9-20-8-11(2)3/h6-7,11,13-15,19H,5,8-10H2,1-4H3/t13-,14?,15?/m0/s1. The van der Waals surface area contributed by atoms with Crippen molar-refractivity contribution in [2.75, 3.05) is 32.6 Å². The van der Waals surface area contributed by atoms with E-state index in [0.29, 0.717) is 12.5 Å². The Morgan fingerprint density at radius 2 is 2.36 bits per heavy atom. The third kappa shape index (κ3) is 4.62. The summed E-state index contributed by atoms with van der Waals surface area (Å²) in [6.07, 6.45) is 2.71. The Bertz CT molecular complexity index is 417. The van der Waals surface area contributed by atoms with Crippen LogP contribution in [0.3, 0.4) is 0 Å². The van der Waals surface area contributed by atoms with Crippen molar-refractivity contribution in [2.24, 2.45) is 10.9 Å². The lowest BCUT2D eigenvalue weighted by molar-refractivity contribution is -0.103. The van der Waals surface area contributed by atoms with Crippen LogP contribution in [-0.4, -0.2) is 71.3 Å². The largest absolute Gasteiger partial charge is 0.378 e. The van der Waals surface area contributed by atoms with Gasteiger partial charge in [0.25, 0.3) is 0 Å². The molecule has 0 aromatic heterocycles. The maximum atomic E-state index is 10.2. The van der Waals surface area contributed by atoms with Crippen molar-refractivity contribution < 1.29 is 14.6 Å². The normalized spacial score (nSPS) is 28.4. The molecule has 1 saturated heterocycles. The fraction of sp³-hybridized carbons (Fsp3) is 0.800. The predicted octanol–water partition coefficient (Wildman–Crippen LogP) is 1.53. The van der Waals surface area contributed by atoms with Crippen LogP contribution in [0.25, 0.3) is 0 Å². The Morgan fingerprint density at radius 1 is 1.59 bits per heavy atom. The number of hydrogen-bond acceptors (Lipinski definition) is 7. The van der Waals surface area contributed by atoms with Gasteiger partial charge in [0.2, 0.25) is 6.35 Å². The number of nitrogens with zero attached hydrogens (tertiary/aromatic N) is 3. The van der Waals surface area contributed by atoms with Crippen molar-refractivity contribution >= 4 is 17.6 Å². The first-order valence-electron chi connectivity index (χ1n) is 7.78. The molecular formula is C15H27N3O3S. The van der Waals surface area contributed by atoms with Gasteiger partial charge in [0.05, 0.1) is 6.61 Å². The van der Waals surface area contributed by atoms with E-state index in [1.807, 2.05) is 31.1 Å². The van der Waals surface area contributed by atoms with Gasteiger partial charge in [-0.15, -0.1) is 11.8 Å². The second-order valence-electron chi connectivity index (χ2n) is 5.90. The number of ether oxygens (including phenoxy) is 2.